The summed E-state index contributed by atoms with van der Waals surface area (Å²) in [4.78, 5) is 0. The van der Waals surface area contributed by atoms with E-state index >= 15 is 0 Å². The molecule has 0 saturated carbocycles. The molecule has 0 fully saturated rings. The van der Waals surface area contributed by atoms with Crippen molar-refractivity contribution in [3.8, 4) is 17.2 Å². The van der Waals surface area contributed by atoms with E-state index in [2.05, 4.69) is 15.9 Å². The number of aliphatic hydroxyl groups is 1. The molecule has 0 aliphatic rings. The molecule has 1 atom stereocenters. The SMILES string of the molecule is COc1ccc(Cc2ccc(C(C)O)c(Oc3cc(Cl)cc(Br)c3F)c2)cc1. The Bertz CT molecular complexity index is 974. The van der Waals surface area contributed by atoms with Gasteiger partial charge in [0.05, 0.1) is 17.7 Å². The molecule has 3 rings (SSSR count). The van der Waals surface area contributed by atoms with E-state index in [4.69, 9.17) is 21.1 Å². The number of hydrogen-bond acceptors (Lipinski definition) is 3. The van der Waals surface area contributed by atoms with Crippen molar-refractivity contribution in [2.75, 3.05) is 7.11 Å². The molecule has 1 N–H and O–H groups in total. The number of hydrogen-bond donors (Lipinski definition) is 1. The number of ether oxygens (including phenoxy) is 2. The van der Waals surface area contributed by atoms with E-state index < -0.39 is 11.9 Å². The number of aliphatic hydroxyl groups excluding tert-OH is 1. The van der Waals surface area contributed by atoms with Crippen LogP contribution in [-0.2, 0) is 6.42 Å². The first-order valence-corrected chi connectivity index (χ1v) is 9.80. The Morgan fingerprint density at radius 2 is 1.71 bits per heavy atom. The third-order valence-corrected chi connectivity index (χ3v) is 5.07. The molecule has 0 aromatic heterocycles. The summed E-state index contributed by atoms with van der Waals surface area (Å²) < 4.78 is 25.6. The number of halogens is 3. The molecule has 1 unspecified atom stereocenters. The van der Waals surface area contributed by atoms with Crippen molar-refractivity contribution in [2.45, 2.75) is 19.4 Å². The Balaban J connectivity index is 1.93. The summed E-state index contributed by atoms with van der Waals surface area (Å²) in [6, 6.07) is 16.1. The quantitative estimate of drug-likeness (QED) is 0.412. The second kappa shape index (κ2) is 8.95. The minimum Gasteiger partial charge on any atom is -0.497 e. The molecule has 28 heavy (non-hydrogen) atoms. The van der Waals surface area contributed by atoms with Gasteiger partial charge in [0.25, 0.3) is 0 Å². The molecular formula is C22H19BrClFO3. The highest BCUT2D eigenvalue weighted by molar-refractivity contribution is 9.10. The molecule has 0 aliphatic heterocycles. The maximum Gasteiger partial charge on any atom is 0.179 e. The smallest absolute Gasteiger partial charge is 0.179 e. The zero-order chi connectivity index (χ0) is 20.3. The van der Waals surface area contributed by atoms with Crippen LogP contribution in [0.5, 0.6) is 17.2 Å². The molecule has 0 spiro atoms. The van der Waals surface area contributed by atoms with Gasteiger partial charge in [-0.3, -0.25) is 0 Å². The van der Waals surface area contributed by atoms with Gasteiger partial charge in [-0.05, 0) is 64.7 Å². The van der Waals surface area contributed by atoms with Crippen molar-refractivity contribution in [1.82, 2.24) is 0 Å². The van der Waals surface area contributed by atoms with E-state index in [-0.39, 0.29) is 10.2 Å². The summed E-state index contributed by atoms with van der Waals surface area (Å²) in [6.07, 6.45) is -0.113. The van der Waals surface area contributed by atoms with Crippen LogP contribution >= 0.6 is 27.5 Å². The summed E-state index contributed by atoms with van der Waals surface area (Å²) in [7, 11) is 1.63. The van der Waals surface area contributed by atoms with Crippen LogP contribution in [-0.4, -0.2) is 12.2 Å². The van der Waals surface area contributed by atoms with Crippen LogP contribution in [0.4, 0.5) is 4.39 Å². The summed E-state index contributed by atoms with van der Waals surface area (Å²) in [5, 5.41) is 10.4. The van der Waals surface area contributed by atoms with Crippen LogP contribution in [0.2, 0.25) is 5.02 Å². The lowest BCUT2D eigenvalue weighted by molar-refractivity contribution is 0.195. The van der Waals surface area contributed by atoms with E-state index in [0.29, 0.717) is 22.8 Å². The van der Waals surface area contributed by atoms with Crippen LogP contribution < -0.4 is 9.47 Å². The van der Waals surface area contributed by atoms with E-state index in [9.17, 15) is 9.50 Å². The van der Waals surface area contributed by atoms with Gasteiger partial charge in [-0.2, -0.15) is 0 Å². The first kappa shape index (κ1) is 20.6. The third kappa shape index (κ3) is 4.85. The second-order valence-corrected chi connectivity index (χ2v) is 7.67. The zero-order valence-electron chi connectivity index (χ0n) is 15.4. The van der Waals surface area contributed by atoms with Crippen LogP contribution in [0.1, 0.15) is 29.7 Å². The molecular weight excluding hydrogens is 447 g/mol. The van der Waals surface area contributed by atoms with Gasteiger partial charge in [0, 0.05) is 16.7 Å². The largest absolute Gasteiger partial charge is 0.497 e. The highest BCUT2D eigenvalue weighted by Crippen LogP contribution is 2.36. The van der Waals surface area contributed by atoms with Crippen molar-refractivity contribution >= 4 is 27.5 Å². The van der Waals surface area contributed by atoms with Gasteiger partial charge in [0.2, 0.25) is 0 Å². The van der Waals surface area contributed by atoms with Crippen LogP contribution in [0, 0.1) is 5.82 Å². The van der Waals surface area contributed by atoms with Crippen molar-refractivity contribution in [1.29, 1.82) is 0 Å². The lowest BCUT2D eigenvalue weighted by Gasteiger charge is -2.16. The average Bonchev–Trinajstić information content (AvgIpc) is 2.66. The average molecular weight is 466 g/mol. The molecule has 3 aromatic rings. The molecule has 3 nitrogen and oxygen atoms in total. The summed E-state index contributed by atoms with van der Waals surface area (Å²) in [6.45, 7) is 1.63. The van der Waals surface area contributed by atoms with Gasteiger partial charge in [0.1, 0.15) is 11.5 Å². The molecule has 146 valence electrons. The summed E-state index contributed by atoms with van der Waals surface area (Å²) in [5.41, 5.74) is 2.62. The fourth-order valence-corrected chi connectivity index (χ4v) is 3.61. The van der Waals surface area contributed by atoms with Gasteiger partial charge in [-0.1, -0.05) is 35.9 Å². The Hall–Kier alpha value is -2.08. The first-order valence-electron chi connectivity index (χ1n) is 8.63. The van der Waals surface area contributed by atoms with Gasteiger partial charge >= 0.3 is 0 Å². The van der Waals surface area contributed by atoms with E-state index in [0.717, 1.165) is 16.9 Å². The van der Waals surface area contributed by atoms with Crippen LogP contribution in [0.15, 0.2) is 59.1 Å². The Morgan fingerprint density at radius 3 is 2.36 bits per heavy atom. The topological polar surface area (TPSA) is 38.7 Å². The molecule has 0 radical (unpaired) electrons. The van der Waals surface area contributed by atoms with Gasteiger partial charge < -0.3 is 14.6 Å². The summed E-state index contributed by atoms with van der Waals surface area (Å²) in [5.74, 6) is 0.609. The van der Waals surface area contributed by atoms with Crippen molar-refractivity contribution in [3.05, 3.63) is 86.6 Å². The standard InChI is InChI=1S/C22H19BrClFO3/c1-13(26)18-8-5-15(9-14-3-6-17(27-2)7-4-14)10-20(18)28-21-12-16(24)11-19(23)22(21)25/h3-8,10-13,26H,9H2,1-2H3. The Kier molecular flexibility index (Phi) is 6.60. The highest BCUT2D eigenvalue weighted by atomic mass is 79.9. The molecule has 6 heteroatoms. The molecule has 0 bridgehead atoms. The summed E-state index contributed by atoms with van der Waals surface area (Å²) >= 11 is 9.15. The fourth-order valence-electron chi connectivity index (χ4n) is 2.83. The maximum absolute atomic E-state index is 14.4. The van der Waals surface area contributed by atoms with E-state index in [1.54, 1.807) is 26.2 Å². The van der Waals surface area contributed by atoms with Crippen LogP contribution in [0.3, 0.4) is 0 Å². The monoisotopic (exact) mass is 464 g/mol. The van der Waals surface area contributed by atoms with Crippen molar-refractivity contribution in [3.63, 3.8) is 0 Å². The zero-order valence-corrected chi connectivity index (χ0v) is 17.7. The Labute approximate surface area is 176 Å². The van der Waals surface area contributed by atoms with Gasteiger partial charge in [-0.15, -0.1) is 0 Å². The number of rotatable bonds is 6. The lowest BCUT2D eigenvalue weighted by atomic mass is 10.0. The maximum atomic E-state index is 14.4. The minimum absolute atomic E-state index is 0.0112. The Morgan fingerprint density at radius 1 is 1.04 bits per heavy atom. The molecule has 0 heterocycles. The predicted octanol–water partition coefficient (Wildman–Crippen LogP) is 6.69. The molecule has 3 aromatic carbocycles. The third-order valence-electron chi connectivity index (χ3n) is 4.27. The molecule has 0 aliphatic carbocycles. The van der Waals surface area contributed by atoms with Crippen molar-refractivity contribution < 1.29 is 19.0 Å². The molecule has 0 amide bonds. The van der Waals surface area contributed by atoms with E-state index in [1.165, 1.54) is 12.1 Å². The number of benzene rings is 3. The van der Waals surface area contributed by atoms with Gasteiger partial charge in [0.15, 0.2) is 11.6 Å². The highest BCUT2D eigenvalue weighted by Gasteiger charge is 2.16. The first-order chi connectivity index (χ1) is 13.4. The normalized spacial score (nSPS) is 11.9. The van der Waals surface area contributed by atoms with Gasteiger partial charge in [-0.25, -0.2) is 4.39 Å². The van der Waals surface area contributed by atoms with Crippen molar-refractivity contribution in [2.24, 2.45) is 0 Å². The molecule has 0 saturated heterocycles. The second-order valence-electron chi connectivity index (χ2n) is 6.37. The fraction of sp³-hybridized carbons (Fsp3) is 0.182. The van der Waals surface area contributed by atoms with E-state index in [1.807, 2.05) is 30.3 Å². The lowest BCUT2D eigenvalue weighted by Crippen LogP contribution is -2.00. The minimum atomic E-state index is -0.768. The van der Waals surface area contributed by atoms with Crippen LogP contribution in [0.25, 0.3) is 0 Å². The predicted molar refractivity (Wildman–Crippen MR) is 112 cm³/mol. The number of methoxy groups -OCH3 is 1.